The molecule has 3 aliphatic heterocycles. The van der Waals surface area contributed by atoms with Crippen LogP contribution in [0, 0.1) is 11.8 Å². The first-order valence-corrected chi connectivity index (χ1v) is 10.7. The molecular weight excluding hydrogens is 418 g/mol. The predicted octanol–water partition coefficient (Wildman–Crippen LogP) is 1.68. The summed E-state index contributed by atoms with van der Waals surface area (Å²) in [4.78, 5) is 41.4. The average molecular weight is 440 g/mol. The number of likely N-dealkylation sites (tertiary alicyclic amines) is 1. The maximum atomic E-state index is 13.6. The number of rotatable bonds is 4. The first kappa shape index (κ1) is 20.2. The summed E-state index contributed by atoms with van der Waals surface area (Å²) in [5, 5.41) is 16.8. The van der Waals surface area contributed by atoms with Crippen molar-refractivity contribution in [3.05, 3.63) is 64.7 Å². The third-order valence-corrected chi connectivity index (χ3v) is 6.92. The minimum absolute atomic E-state index is 0.224. The Labute approximate surface area is 184 Å². The molecule has 0 aromatic heterocycles. The largest absolute Gasteiger partial charge is 0.392 e. The molecule has 1 spiro atoms. The minimum Gasteiger partial charge on any atom is -0.392 e. The number of carbonyl (C=O) groups is 3. The van der Waals surface area contributed by atoms with E-state index in [1.807, 2.05) is 30.3 Å². The molecule has 0 unspecified atom stereocenters. The van der Waals surface area contributed by atoms with Gasteiger partial charge in [0.15, 0.2) is 0 Å². The maximum absolute atomic E-state index is 13.6. The number of aliphatic hydroxyl groups excluding tert-OH is 1. The van der Waals surface area contributed by atoms with Crippen molar-refractivity contribution >= 4 is 35.0 Å². The van der Waals surface area contributed by atoms with Gasteiger partial charge in [0, 0.05) is 28.9 Å². The molecule has 2 fully saturated rings. The van der Waals surface area contributed by atoms with E-state index in [0.29, 0.717) is 22.7 Å². The van der Waals surface area contributed by atoms with Crippen LogP contribution >= 0.6 is 11.6 Å². The van der Waals surface area contributed by atoms with Crippen molar-refractivity contribution in [2.75, 3.05) is 11.9 Å². The molecule has 2 saturated heterocycles. The van der Waals surface area contributed by atoms with Gasteiger partial charge in [-0.3, -0.25) is 24.6 Å². The lowest BCUT2D eigenvalue weighted by atomic mass is 9.76. The van der Waals surface area contributed by atoms with Crippen molar-refractivity contribution in [3.8, 4) is 0 Å². The van der Waals surface area contributed by atoms with Gasteiger partial charge in [-0.25, -0.2) is 0 Å². The number of benzene rings is 2. The molecule has 3 heterocycles. The van der Waals surface area contributed by atoms with E-state index in [9.17, 15) is 19.5 Å². The second-order valence-corrected chi connectivity index (χ2v) is 8.87. The van der Waals surface area contributed by atoms with E-state index in [4.69, 9.17) is 11.6 Å². The topological polar surface area (TPSA) is 98.7 Å². The molecule has 7 nitrogen and oxygen atoms in total. The van der Waals surface area contributed by atoms with E-state index in [2.05, 4.69) is 10.6 Å². The molecule has 3 aliphatic rings. The Balaban J connectivity index is 1.55. The summed E-state index contributed by atoms with van der Waals surface area (Å²) in [6.45, 7) is 1.78. The molecular formula is C23H22ClN3O4. The van der Waals surface area contributed by atoms with Crippen LogP contribution in [0.5, 0.6) is 0 Å². The summed E-state index contributed by atoms with van der Waals surface area (Å²) in [5.41, 5.74) is 0.653. The predicted molar refractivity (Wildman–Crippen MR) is 114 cm³/mol. The van der Waals surface area contributed by atoms with Crippen LogP contribution in [0.15, 0.2) is 48.5 Å². The molecule has 3 N–H and O–H groups in total. The van der Waals surface area contributed by atoms with Crippen LogP contribution in [-0.4, -0.2) is 46.4 Å². The Morgan fingerprint density at radius 3 is 2.58 bits per heavy atom. The molecule has 2 aromatic rings. The average Bonchev–Trinajstić information content (AvgIpc) is 3.33. The van der Waals surface area contributed by atoms with Crippen molar-refractivity contribution in [3.63, 3.8) is 0 Å². The first-order chi connectivity index (χ1) is 14.8. The molecule has 0 bridgehead atoms. The molecule has 160 valence electrons. The Hall–Kier alpha value is -2.74. The van der Waals surface area contributed by atoms with Crippen LogP contribution < -0.4 is 10.6 Å². The van der Waals surface area contributed by atoms with Gasteiger partial charge in [0.05, 0.1) is 17.9 Å². The monoisotopic (exact) mass is 439 g/mol. The van der Waals surface area contributed by atoms with E-state index in [0.717, 1.165) is 5.56 Å². The lowest BCUT2D eigenvalue weighted by Crippen LogP contribution is -2.55. The number of imide groups is 1. The van der Waals surface area contributed by atoms with Crippen LogP contribution in [0.3, 0.4) is 0 Å². The normalized spacial score (nSPS) is 30.0. The number of hydrogen-bond acceptors (Lipinski definition) is 5. The number of nitrogens with zero attached hydrogens (tertiary/aromatic N) is 1. The molecule has 3 amide bonds. The maximum Gasteiger partial charge on any atom is 0.250 e. The molecule has 0 radical (unpaired) electrons. The van der Waals surface area contributed by atoms with Crippen molar-refractivity contribution < 1.29 is 19.5 Å². The number of carbonyl (C=O) groups excluding carboxylic acids is 3. The van der Waals surface area contributed by atoms with Crippen LogP contribution in [0.4, 0.5) is 5.69 Å². The molecule has 2 aromatic carbocycles. The highest BCUT2D eigenvalue weighted by Crippen LogP contribution is 2.53. The van der Waals surface area contributed by atoms with Gasteiger partial charge in [-0.15, -0.1) is 0 Å². The summed E-state index contributed by atoms with van der Waals surface area (Å²) in [7, 11) is 0. The standard InChI is InChI=1S/C23H22ClN3O4/c1-12(28)19-17-18(21(30)27(20(17)29)10-9-13-5-3-2-4-6-13)23(26-19)15-11-14(24)7-8-16(15)25-22(23)31/h2-8,11-12,17-19,26,28H,9-10H2,1H3,(H,25,31)/t12-,17-,18-,19-,23+/m0/s1. The summed E-state index contributed by atoms with van der Waals surface area (Å²) >= 11 is 6.21. The Morgan fingerprint density at radius 1 is 1.13 bits per heavy atom. The van der Waals surface area contributed by atoms with E-state index >= 15 is 0 Å². The summed E-state index contributed by atoms with van der Waals surface area (Å²) in [6, 6.07) is 13.9. The van der Waals surface area contributed by atoms with E-state index < -0.39 is 41.3 Å². The number of hydrogen-bond donors (Lipinski definition) is 3. The fourth-order valence-corrected chi connectivity index (χ4v) is 5.46. The number of amides is 3. The van der Waals surface area contributed by atoms with E-state index in [-0.39, 0.29) is 12.5 Å². The molecule has 0 saturated carbocycles. The molecule has 5 atom stereocenters. The Morgan fingerprint density at radius 2 is 1.87 bits per heavy atom. The number of halogens is 1. The quantitative estimate of drug-likeness (QED) is 0.630. The van der Waals surface area contributed by atoms with Gasteiger partial charge in [0.1, 0.15) is 5.54 Å². The van der Waals surface area contributed by atoms with Gasteiger partial charge in [0.2, 0.25) is 17.7 Å². The highest BCUT2D eigenvalue weighted by Gasteiger charge is 2.71. The Bertz CT molecular complexity index is 1090. The van der Waals surface area contributed by atoms with Crippen LogP contribution in [0.25, 0.3) is 0 Å². The lowest BCUT2D eigenvalue weighted by Gasteiger charge is -2.30. The lowest BCUT2D eigenvalue weighted by molar-refractivity contribution is -0.143. The van der Waals surface area contributed by atoms with Crippen LogP contribution in [0.1, 0.15) is 18.1 Å². The van der Waals surface area contributed by atoms with Crippen molar-refractivity contribution in [2.45, 2.75) is 31.0 Å². The third-order valence-electron chi connectivity index (χ3n) is 6.69. The van der Waals surface area contributed by atoms with Gasteiger partial charge in [-0.1, -0.05) is 41.9 Å². The number of nitrogens with one attached hydrogen (secondary N) is 2. The van der Waals surface area contributed by atoms with E-state index in [1.54, 1.807) is 25.1 Å². The Kier molecular flexibility index (Phi) is 4.66. The van der Waals surface area contributed by atoms with Gasteiger partial charge >= 0.3 is 0 Å². The fourth-order valence-electron chi connectivity index (χ4n) is 5.28. The highest BCUT2D eigenvalue weighted by atomic mass is 35.5. The molecule has 5 rings (SSSR count). The second kappa shape index (κ2) is 7.15. The van der Waals surface area contributed by atoms with Crippen molar-refractivity contribution in [2.24, 2.45) is 11.8 Å². The highest BCUT2D eigenvalue weighted by molar-refractivity contribution is 6.31. The molecule has 8 heteroatoms. The third kappa shape index (κ3) is 2.84. The zero-order valence-corrected chi connectivity index (χ0v) is 17.6. The summed E-state index contributed by atoms with van der Waals surface area (Å²) in [5.74, 6) is -2.95. The molecule has 31 heavy (non-hydrogen) atoms. The molecule has 0 aliphatic carbocycles. The van der Waals surface area contributed by atoms with Gasteiger partial charge < -0.3 is 10.4 Å². The smallest absolute Gasteiger partial charge is 0.250 e. The summed E-state index contributed by atoms with van der Waals surface area (Å²) in [6.07, 6.45) is -0.416. The van der Waals surface area contributed by atoms with Gasteiger partial charge in [0.25, 0.3) is 0 Å². The SMILES string of the molecule is C[C@H](O)[C@@H]1N[C@@]2(C(=O)Nc3ccc(Cl)cc32)[C@@H]2C(=O)N(CCc3ccccc3)C(=O)[C@H]12. The zero-order chi connectivity index (χ0) is 21.9. The van der Waals surface area contributed by atoms with Crippen LogP contribution in [0.2, 0.25) is 5.02 Å². The van der Waals surface area contributed by atoms with Crippen molar-refractivity contribution in [1.82, 2.24) is 10.2 Å². The van der Waals surface area contributed by atoms with E-state index in [1.165, 1.54) is 4.90 Å². The van der Waals surface area contributed by atoms with Gasteiger partial charge in [-0.05, 0) is 37.1 Å². The van der Waals surface area contributed by atoms with Crippen LogP contribution in [-0.2, 0) is 26.3 Å². The number of fused-ring (bicyclic) bond motifs is 4. The zero-order valence-electron chi connectivity index (χ0n) is 16.8. The fraction of sp³-hybridized carbons (Fsp3) is 0.348. The van der Waals surface area contributed by atoms with Crippen molar-refractivity contribution in [1.29, 1.82) is 0 Å². The second-order valence-electron chi connectivity index (χ2n) is 8.43. The summed E-state index contributed by atoms with van der Waals surface area (Å²) < 4.78 is 0. The first-order valence-electron chi connectivity index (χ1n) is 10.3. The number of anilines is 1. The van der Waals surface area contributed by atoms with Gasteiger partial charge in [-0.2, -0.15) is 0 Å². The number of aliphatic hydroxyl groups is 1. The minimum atomic E-state index is -1.44.